The summed E-state index contributed by atoms with van der Waals surface area (Å²) in [4.78, 5) is 13.9. The van der Waals surface area contributed by atoms with Crippen LogP contribution in [0.4, 0.5) is 0 Å². The van der Waals surface area contributed by atoms with Crippen LogP contribution in [0.3, 0.4) is 0 Å². The second kappa shape index (κ2) is 3.73. The third-order valence-electron chi connectivity index (χ3n) is 2.54. The zero-order valence-electron chi connectivity index (χ0n) is 8.87. The second-order valence-corrected chi connectivity index (χ2v) is 3.71. The molecule has 0 saturated heterocycles. The maximum Gasteiger partial charge on any atom is 0.166 e. The first-order valence-corrected chi connectivity index (χ1v) is 4.93. The van der Waals surface area contributed by atoms with Crippen molar-refractivity contribution in [2.45, 2.75) is 13.8 Å². The van der Waals surface area contributed by atoms with Gasteiger partial charge in [0.2, 0.25) is 0 Å². The van der Waals surface area contributed by atoms with Crippen LogP contribution < -0.4 is 0 Å². The Labute approximate surface area is 89.0 Å². The summed E-state index contributed by atoms with van der Waals surface area (Å²) in [5, 5.41) is 0. The molecule has 0 amide bonds. The Balaban J connectivity index is 2.63. The lowest BCUT2D eigenvalue weighted by Gasteiger charge is -2.03. The molecule has 0 aliphatic carbocycles. The minimum Gasteiger partial charge on any atom is -0.356 e. The van der Waals surface area contributed by atoms with Crippen molar-refractivity contribution in [1.82, 2.24) is 4.98 Å². The van der Waals surface area contributed by atoms with Gasteiger partial charge in [0.15, 0.2) is 6.29 Å². The first kappa shape index (κ1) is 9.71. The molecule has 2 heteroatoms. The van der Waals surface area contributed by atoms with Gasteiger partial charge in [-0.15, -0.1) is 0 Å². The molecule has 0 unspecified atom stereocenters. The van der Waals surface area contributed by atoms with Gasteiger partial charge in [0.25, 0.3) is 0 Å². The van der Waals surface area contributed by atoms with Crippen molar-refractivity contribution in [2.75, 3.05) is 0 Å². The fourth-order valence-electron chi connectivity index (χ4n) is 1.80. The summed E-state index contributed by atoms with van der Waals surface area (Å²) in [5.74, 6) is 0. The second-order valence-electron chi connectivity index (χ2n) is 3.71. The SMILES string of the molecule is Cc1cc(-c2ccccc2C)c(C=O)[nH]1. The Morgan fingerprint density at radius 2 is 1.87 bits per heavy atom. The molecule has 0 saturated carbocycles. The molecule has 1 heterocycles. The number of hydrogen-bond donors (Lipinski definition) is 1. The van der Waals surface area contributed by atoms with Gasteiger partial charge in [0.1, 0.15) is 0 Å². The summed E-state index contributed by atoms with van der Waals surface area (Å²) < 4.78 is 0. The van der Waals surface area contributed by atoms with Gasteiger partial charge >= 0.3 is 0 Å². The van der Waals surface area contributed by atoms with Crippen LogP contribution in [-0.2, 0) is 0 Å². The molecule has 0 spiro atoms. The lowest BCUT2D eigenvalue weighted by Crippen LogP contribution is -1.86. The van der Waals surface area contributed by atoms with Crippen molar-refractivity contribution in [3.8, 4) is 11.1 Å². The minimum atomic E-state index is 0.654. The summed E-state index contributed by atoms with van der Waals surface area (Å²) >= 11 is 0. The minimum absolute atomic E-state index is 0.654. The maximum atomic E-state index is 10.9. The number of nitrogens with one attached hydrogen (secondary N) is 1. The smallest absolute Gasteiger partial charge is 0.166 e. The summed E-state index contributed by atoms with van der Waals surface area (Å²) in [6.07, 6.45) is 0.870. The fraction of sp³-hybridized carbons (Fsp3) is 0.154. The molecule has 1 aromatic heterocycles. The van der Waals surface area contributed by atoms with Crippen LogP contribution >= 0.6 is 0 Å². The molecule has 76 valence electrons. The number of aromatic amines is 1. The molecule has 0 bridgehead atoms. The Morgan fingerprint density at radius 3 is 2.53 bits per heavy atom. The van der Waals surface area contributed by atoms with Crippen LogP contribution in [0.25, 0.3) is 11.1 Å². The van der Waals surface area contributed by atoms with Gasteiger partial charge in [0, 0.05) is 11.3 Å². The van der Waals surface area contributed by atoms with Crippen LogP contribution in [0.5, 0.6) is 0 Å². The van der Waals surface area contributed by atoms with Gasteiger partial charge in [-0.3, -0.25) is 4.79 Å². The molecular formula is C13H13NO. The van der Waals surface area contributed by atoms with E-state index in [4.69, 9.17) is 0 Å². The van der Waals surface area contributed by atoms with E-state index >= 15 is 0 Å². The number of aldehydes is 1. The van der Waals surface area contributed by atoms with E-state index in [9.17, 15) is 4.79 Å². The third-order valence-corrected chi connectivity index (χ3v) is 2.54. The number of H-pyrrole nitrogens is 1. The Kier molecular flexibility index (Phi) is 2.42. The monoisotopic (exact) mass is 199 g/mol. The predicted molar refractivity (Wildman–Crippen MR) is 61.1 cm³/mol. The molecule has 2 aromatic rings. The molecule has 0 atom stereocenters. The van der Waals surface area contributed by atoms with Crippen molar-refractivity contribution >= 4 is 6.29 Å². The van der Waals surface area contributed by atoms with Crippen LogP contribution in [0.15, 0.2) is 30.3 Å². The van der Waals surface area contributed by atoms with Crippen molar-refractivity contribution in [1.29, 1.82) is 0 Å². The number of benzene rings is 1. The van der Waals surface area contributed by atoms with Crippen LogP contribution in [-0.4, -0.2) is 11.3 Å². The van der Waals surface area contributed by atoms with Crippen LogP contribution in [0, 0.1) is 13.8 Å². The molecule has 1 aromatic carbocycles. The summed E-state index contributed by atoms with van der Waals surface area (Å²) in [5.41, 5.74) is 4.95. The Bertz CT molecular complexity index is 497. The first-order chi connectivity index (χ1) is 7.22. The van der Waals surface area contributed by atoms with Crippen molar-refractivity contribution in [2.24, 2.45) is 0 Å². The van der Waals surface area contributed by atoms with Gasteiger partial charge in [-0.2, -0.15) is 0 Å². The zero-order chi connectivity index (χ0) is 10.8. The highest BCUT2D eigenvalue weighted by molar-refractivity contribution is 5.87. The molecule has 2 rings (SSSR count). The van der Waals surface area contributed by atoms with E-state index in [0.29, 0.717) is 5.69 Å². The van der Waals surface area contributed by atoms with Gasteiger partial charge in [0.05, 0.1) is 5.69 Å². The van der Waals surface area contributed by atoms with E-state index in [1.165, 1.54) is 5.56 Å². The van der Waals surface area contributed by atoms with E-state index in [-0.39, 0.29) is 0 Å². The zero-order valence-corrected chi connectivity index (χ0v) is 8.87. The van der Waals surface area contributed by atoms with E-state index in [1.54, 1.807) is 0 Å². The normalized spacial score (nSPS) is 10.3. The van der Waals surface area contributed by atoms with Gasteiger partial charge in [-0.05, 0) is 31.0 Å². The van der Waals surface area contributed by atoms with E-state index < -0.39 is 0 Å². The highest BCUT2D eigenvalue weighted by Gasteiger charge is 2.08. The molecule has 0 aliphatic rings. The summed E-state index contributed by atoms with van der Waals surface area (Å²) in [7, 11) is 0. The number of carbonyl (C=O) groups excluding carboxylic acids is 1. The molecule has 0 radical (unpaired) electrons. The summed E-state index contributed by atoms with van der Waals surface area (Å²) in [6.45, 7) is 4.00. The van der Waals surface area contributed by atoms with Crippen molar-refractivity contribution in [3.63, 3.8) is 0 Å². The Hall–Kier alpha value is -1.83. The quantitative estimate of drug-likeness (QED) is 0.740. The van der Waals surface area contributed by atoms with Crippen LogP contribution in [0.2, 0.25) is 0 Å². The largest absolute Gasteiger partial charge is 0.356 e. The lowest BCUT2D eigenvalue weighted by molar-refractivity contribution is 0.112. The highest BCUT2D eigenvalue weighted by atomic mass is 16.1. The average molecular weight is 199 g/mol. The van der Waals surface area contributed by atoms with E-state index in [2.05, 4.69) is 4.98 Å². The lowest BCUT2D eigenvalue weighted by atomic mass is 10.0. The number of aryl methyl sites for hydroxylation is 2. The number of hydrogen-bond acceptors (Lipinski definition) is 1. The highest BCUT2D eigenvalue weighted by Crippen LogP contribution is 2.26. The van der Waals surface area contributed by atoms with Gasteiger partial charge in [-0.1, -0.05) is 24.3 Å². The molecular weight excluding hydrogens is 186 g/mol. The molecule has 2 nitrogen and oxygen atoms in total. The predicted octanol–water partition coefficient (Wildman–Crippen LogP) is 3.11. The Morgan fingerprint density at radius 1 is 1.13 bits per heavy atom. The third kappa shape index (κ3) is 1.71. The van der Waals surface area contributed by atoms with Gasteiger partial charge in [-0.25, -0.2) is 0 Å². The number of rotatable bonds is 2. The van der Waals surface area contributed by atoms with Crippen LogP contribution in [0.1, 0.15) is 21.7 Å². The first-order valence-electron chi connectivity index (χ1n) is 4.93. The molecule has 0 aliphatic heterocycles. The van der Waals surface area contributed by atoms with E-state index in [0.717, 1.165) is 23.1 Å². The maximum absolute atomic E-state index is 10.9. The van der Waals surface area contributed by atoms with E-state index in [1.807, 2.05) is 44.2 Å². The topological polar surface area (TPSA) is 32.9 Å². The molecule has 1 N–H and O–H groups in total. The molecule has 0 fully saturated rings. The standard InChI is InChI=1S/C13H13NO/c1-9-5-3-4-6-11(9)12-7-10(2)14-13(12)8-15/h3-8,14H,1-2H3. The van der Waals surface area contributed by atoms with Crippen molar-refractivity contribution in [3.05, 3.63) is 47.3 Å². The fourth-order valence-corrected chi connectivity index (χ4v) is 1.80. The number of carbonyl (C=O) groups is 1. The average Bonchev–Trinajstić information content (AvgIpc) is 2.60. The molecule has 15 heavy (non-hydrogen) atoms. The summed E-state index contributed by atoms with van der Waals surface area (Å²) in [6, 6.07) is 10.1. The van der Waals surface area contributed by atoms with Crippen molar-refractivity contribution < 1.29 is 4.79 Å². The van der Waals surface area contributed by atoms with Gasteiger partial charge < -0.3 is 4.98 Å². The number of aromatic nitrogens is 1.